The summed E-state index contributed by atoms with van der Waals surface area (Å²) in [5, 5.41) is 0. The molecule has 3 aliphatic carbocycles. The zero-order chi connectivity index (χ0) is 45.3. The quantitative estimate of drug-likeness (QED) is 0.138. The third kappa shape index (κ3) is 15.6. The Morgan fingerprint density at radius 2 is 0.790 bits per heavy atom. The Morgan fingerprint density at radius 1 is 0.484 bits per heavy atom. The molecule has 1 aliphatic heterocycles. The Labute approximate surface area is 395 Å². The van der Waals surface area contributed by atoms with E-state index in [9.17, 15) is 0 Å². The summed E-state index contributed by atoms with van der Waals surface area (Å²) in [6, 6.07) is 24.0. The maximum atomic E-state index is 5.67. The van der Waals surface area contributed by atoms with Crippen molar-refractivity contribution in [1.29, 1.82) is 0 Å². The molecule has 0 aromatic heterocycles. The van der Waals surface area contributed by atoms with Gasteiger partial charge in [0.05, 0.1) is 17.0 Å². The summed E-state index contributed by atoms with van der Waals surface area (Å²) < 4.78 is 1.92. The fourth-order valence-electron chi connectivity index (χ4n) is 9.83. The van der Waals surface area contributed by atoms with Gasteiger partial charge in [0.2, 0.25) is 0 Å². The van der Waals surface area contributed by atoms with Crippen LogP contribution in [0.4, 0.5) is 11.4 Å². The second-order valence-corrected chi connectivity index (χ2v) is 32.2. The number of anilines is 2. The molecule has 0 N–H and O–H groups in total. The van der Waals surface area contributed by atoms with Crippen LogP contribution >= 0.6 is 27.3 Å². The van der Waals surface area contributed by atoms with Gasteiger partial charge in [-0.25, -0.2) is 0 Å². The zero-order valence-corrected chi connectivity index (χ0v) is 45.3. The minimum atomic E-state index is -1.61. The van der Waals surface area contributed by atoms with E-state index >= 15 is 0 Å². The van der Waals surface area contributed by atoms with Crippen molar-refractivity contribution in [2.45, 2.75) is 218 Å². The Balaban J connectivity index is 0.000000208. The van der Waals surface area contributed by atoms with Crippen LogP contribution in [0.3, 0.4) is 0 Å². The van der Waals surface area contributed by atoms with Crippen LogP contribution in [0.2, 0.25) is 0 Å². The van der Waals surface area contributed by atoms with E-state index in [1.54, 1.807) is 96.3 Å². The Bertz CT molecular complexity index is 1700. The number of hydrogen-bond donors (Lipinski definition) is 0. The molecule has 0 saturated heterocycles. The monoisotopic (exact) mass is 988 g/mol. The molecule has 3 aromatic rings. The van der Waals surface area contributed by atoms with Gasteiger partial charge in [0.1, 0.15) is 0 Å². The third-order valence-corrected chi connectivity index (χ3v) is 20.2. The van der Waals surface area contributed by atoms with Crippen molar-refractivity contribution in [3.05, 3.63) is 114 Å². The summed E-state index contributed by atoms with van der Waals surface area (Å²) in [4.78, 5) is 4.51. The van der Waals surface area contributed by atoms with E-state index in [2.05, 4.69) is 148 Å². The van der Waals surface area contributed by atoms with E-state index in [1.807, 2.05) is 34.9 Å². The molecule has 0 spiro atoms. The van der Waals surface area contributed by atoms with Crippen molar-refractivity contribution in [3.63, 3.8) is 0 Å². The third-order valence-electron chi connectivity index (χ3n) is 13.8. The Morgan fingerprint density at radius 3 is 1.06 bits per heavy atom. The van der Waals surface area contributed by atoms with Crippen LogP contribution in [0.1, 0.15) is 207 Å². The van der Waals surface area contributed by atoms with Crippen molar-refractivity contribution in [3.8, 4) is 0 Å². The van der Waals surface area contributed by atoms with Gasteiger partial charge in [-0.1, -0.05) is 114 Å². The number of halogens is 2. The molecule has 0 unspecified atom stereocenters. The van der Waals surface area contributed by atoms with Gasteiger partial charge in [-0.15, -0.1) is 6.67 Å². The van der Waals surface area contributed by atoms with Gasteiger partial charge in [-0.05, 0) is 158 Å². The predicted molar refractivity (Wildman–Crippen MR) is 278 cm³/mol. The molecule has 2 nitrogen and oxygen atoms in total. The van der Waals surface area contributed by atoms with E-state index in [0.29, 0.717) is 0 Å². The van der Waals surface area contributed by atoms with E-state index in [-0.39, 0.29) is 29.6 Å². The van der Waals surface area contributed by atoms with Crippen molar-refractivity contribution in [2.75, 3.05) is 9.80 Å². The first-order chi connectivity index (χ1) is 29.1. The van der Waals surface area contributed by atoms with Gasteiger partial charge in [0, 0.05) is 19.3 Å². The number of benzene rings is 3. The fraction of sp³-hybridized carbons (Fsp3) is 0.607. The molecule has 3 fully saturated rings. The first-order valence-electron chi connectivity index (χ1n) is 24.3. The minimum absolute atomic E-state index is 0.0465. The molecule has 0 bridgehead atoms. The summed E-state index contributed by atoms with van der Waals surface area (Å²) in [5.74, 6) is 0. The van der Waals surface area contributed by atoms with Crippen molar-refractivity contribution < 1.29 is 13.5 Å². The first kappa shape index (κ1) is 51.5. The van der Waals surface area contributed by atoms with Gasteiger partial charge >= 0.3 is 73.4 Å². The summed E-state index contributed by atoms with van der Waals surface area (Å²) in [6.07, 6.45) is 28.1. The fourth-order valence-corrected chi connectivity index (χ4v) is 16.9. The molecule has 0 radical (unpaired) electrons. The van der Waals surface area contributed by atoms with Crippen LogP contribution in [0.15, 0.2) is 79.1 Å². The molecule has 3 saturated carbocycles. The summed E-state index contributed by atoms with van der Waals surface area (Å²) in [5.41, 5.74) is 13.1. The van der Waals surface area contributed by atoms with Crippen molar-refractivity contribution >= 4 is 43.3 Å². The summed E-state index contributed by atoms with van der Waals surface area (Å²) >= 11 is -1.61. The molecule has 7 rings (SSSR count). The second kappa shape index (κ2) is 22.8. The normalized spacial score (nSPS) is 18.9. The molecular formula is C56H85Cl2N2PRu. The molecule has 3 aromatic carbocycles. The number of rotatable bonds is 6. The van der Waals surface area contributed by atoms with Gasteiger partial charge in [0.25, 0.3) is 0 Å². The average Bonchev–Trinajstić information content (AvgIpc) is 3.72. The van der Waals surface area contributed by atoms with Crippen LogP contribution in [0, 0.1) is 6.67 Å². The van der Waals surface area contributed by atoms with Gasteiger partial charge in [0.15, 0.2) is 0 Å². The second-order valence-electron chi connectivity index (χ2n) is 23.0. The van der Waals surface area contributed by atoms with Crippen LogP contribution in [-0.2, 0) is 35.2 Å². The SMILES string of the molecule is C1CCC([PH+](C2CCCCC2)C2CCCCC2)CC1.CC(C)(C)c1cc(N2C=CN(c3cc(C(C)(C)C)cc(C(C)(C)C)c3)[CH-]2)cc(C(C)(C)C)c1.[Cl][Ru]([Cl])=[CH]c1ccccc1. The van der Waals surface area contributed by atoms with Crippen LogP contribution in [0.5, 0.6) is 0 Å². The maximum absolute atomic E-state index is 5.67. The first-order valence-corrected chi connectivity index (χ1v) is 31.5. The molecule has 346 valence electrons. The molecule has 62 heavy (non-hydrogen) atoms. The molecule has 1 heterocycles. The molecular weight excluding hydrogens is 904 g/mol. The topological polar surface area (TPSA) is 6.48 Å². The van der Waals surface area contributed by atoms with E-state index in [1.165, 1.54) is 50.6 Å². The number of hydrogen-bond acceptors (Lipinski definition) is 2. The molecule has 6 heteroatoms. The van der Waals surface area contributed by atoms with E-state index in [4.69, 9.17) is 19.4 Å². The van der Waals surface area contributed by atoms with Crippen LogP contribution < -0.4 is 9.80 Å². The average molecular weight is 989 g/mol. The van der Waals surface area contributed by atoms with E-state index in [0.717, 1.165) is 5.56 Å². The Hall–Kier alpha value is -1.50. The summed E-state index contributed by atoms with van der Waals surface area (Å²) in [6.45, 7) is 29.7. The molecule has 0 atom stereocenters. The molecule has 4 aliphatic rings. The van der Waals surface area contributed by atoms with Crippen LogP contribution in [0.25, 0.3) is 0 Å². The van der Waals surface area contributed by atoms with Crippen LogP contribution in [-0.4, -0.2) is 21.6 Å². The van der Waals surface area contributed by atoms with Gasteiger partial charge < -0.3 is 9.80 Å². The summed E-state index contributed by atoms with van der Waals surface area (Å²) in [7, 11) is 11.3. The predicted octanol–water partition coefficient (Wildman–Crippen LogP) is 17.8. The van der Waals surface area contributed by atoms with Gasteiger partial charge in [-0.3, -0.25) is 0 Å². The number of nitrogens with zero attached hydrogens (tertiary/aromatic N) is 2. The van der Waals surface area contributed by atoms with Crippen molar-refractivity contribution in [2.24, 2.45) is 0 Å². The van der Waals surface area contributed by atoms with E-state index < -0.39 is 13.5 Å². The Kier molecular flexibility index (Phi) is 18.9. The standard InChI is InChI=1S/C31H45N2.C18H33P.C7H6.2ClH.Ru/c1-28(2,3)22-15-23(29(4,5)6)18-26(17-22)32-13-14-33(21-32)27-19-24(30(7,8)9)16-25(20-27)31(10,11)12;1-4-10-16(11-5-1)19(17-12-6-2-7-13-17)18-14-8-3-9-15-18;1-7-5-3-2-4-6-7;;;/h13-21H,1-12H3;16-18H,1-15H2;1-6H;2*1H;/q-1;;;;;+2/p-1. The zero-order valence-electron chi connectivity index (χ0n) is 41.0. The van der Waals surface area contributed by atoms with Crippen molar-refractivity contribution in [1.82, 2.24) is 0 Å². The van der Waals surface area contributed by atoms with Gasteiger partial charge in [-0.2, -0.15) is 0 Å². The molecule has 0 amide bonds.